The van der Waals surface area contributed by atoms with E-state index in [1.54, 1.807) is 4.57 Å². The van der Waals surface area contributed by atoms with Gasteiger partial charge in [-0.3, -0.25) is 9.59 Å². The Morgan fingerprint density at radius 1 is 1.19 bits per heavy atom. The van der Waals surface area contributed by atoms with Crippen molar-refractivity contribution in [2.75, 3.05) is 11.1 Å². The van der Waals surface area contributed by atoms with Crippen molar-refractivity contribution < 1.29 is 9.53 Å². The molecule has 4 rings (SSSR count). The molecule has 0 fully saturated rings. The normalized spacial score (nSPS) is 15.3. The number of ether oxygens (including phenoxy) is 1. The van der Waals surface area contributed by atoms with E-state index in [4.69, 9.17) is 16.3 Å². The molecule has 0 radical (unpaired) electrons. The lowest BCUT2D eigenvalue weighted by Crippen LogP contribution is -2.33. The first kappa shape index (κ1) is 21.5. The highest BCUT2D eigenvalue weighted by Gasteiger charge is 2.32. The summed E-state index contributed by atoms with van der Waals surface area (Å²) in [7, 11) is 1.82. The smallest absolute Gasteiger partial charge is 0.279 e. The van der Waals surface area contributed by atoms with Crippen LogP contribution in [0.1, 0.15) is 36.0 Å². The number of hydrogen-bond acceptors (Lipinski definition) is 5. The summed E-state index contributed by atoms with van der Waals surface area (Å²) in [4.78, 5) is 29.5. The standard InChI is InChI=1S/C23H22ClN3O3S/c1-3-31-23-26-22(29)20-17(12-19(28)25-21(20)27(23)2)14-8-10-16(11-9-14)30-13-15-6-4-5-7-18(15)24/h4-11,17H,3,12-13H2,1-2H3,(H,25,28). The van der Waals surface area contributed by atoms with Gasteiger partial charge in [0.25, 0.3) is 5.56 Å². The summed E-state index contributed by atoms with van der Waals surface area (Å²) in [6, 6.07) is 15.0. The Labute approximate surface area is 189 Å². The van der Waals surface area contributed by atoms with E-state index < -0.39 is 0 Å². The zero-order valence-corrected chi connectivity index (χ0v) is 18.8. The van der Waals surface area contributed by atoms with E-state index >= 15 is 0 Å². The van der Waals surface area contributed by atoms with Gasteiger partial charge >= 0.3 is 0 Å². The number of fused-ring (bicyclic) bond motifs is 1. The summed E-state index contributed by atoms with van der Waals surface area (Å²) in [5.41, 5.74) is 2.00. The molecule has 2 aromatic carbocycles. The average molecular weight is 456 g/mol. The number of anilines is 1. The molecule has 8 heteroatoms. The van der Waals surface area contributed by atoms with Crippen molar-refractivity contribution in [2.24, 2.45) is 7.05 Å². The van der Waals surface area contributed by atoms with Crippen LogP contribution in [0.4, 0.5) is 5.82 Å². The molecule has 160 valence electrons. The summed E-state index contributed by atoms with van der Waals surface area (Å²) in [5.74, 6) is 1.52. The minimum absolute atomic E-state index is 0.120. The van der Waals surface area contributed by atoms with Gasteiger partial charge in [-0.15, -0.1) is 0 Å². The number of halogens is 1. The fraction of sp³-hybridized carbons (Fsp3) is 0.261. The van der Waals surface area contributed by atoms with Crippen LogP contribution in [0.5, 0.6) is 5.75 Å². The first-order chi connectivity index (χ1) is 15.0. The van der Waals surface area contributed by atoms with Crippen LogP contribution in [0.25, 0.3) is 0 Å². The third-order valence-corrected chi connectivity index (χ3v) is 6.49. The predicted molar refractivity (Wildman–Crippen MR) is 123 cm³/mol. The van der Waals surface area contributed by atoms with Crippen LogP contribution in [0, 0.1) is 0 Å². The number of hydrogen-bond donors (Lipinski definition) is 1. The number of carbonyl (C=O) groups is 1. The first-order valence-electron chi connectivity index (χ1n) is 9.97. The molecule has 2 heterocycles. The molecule has 1 aliphatic heterocycles. The first-order valence-corrected chi connectivity index (χ1v) is 11.3. The van der Waals surface area contributed by atoms with Crippen LogP contribution in [0.15, 0.2) is 58.5 Å². The van der Waals surface area contributed by atoms with Gasteiger partial charge in [0, 0.05) is 30.0 Å². The molecule has 0 saturated heterocycles. The summed E-state index contributed by atoms with van der Waals surface area (Å²) in [6.45, 7) is 2.35. The van der Waals surface area contributed by atoms with Crippen molar-refractivity contribution in [1.29, 1.82) is 0 Å². The number of benzene rings is 2. The molecule has 31 heavy (non-hydrogen) atoms. The lowest BCUT2D eigenvalue weighted by molar-refractivity contribution is -0.116. The van der Waals surface area contributed by atoms with Gasteiger partial charge in [0.1, 0.15) is 18.2 Å². The van der Waals surface area contributed by atoms with Gasteiger partial charge in [-0.2, -0.15) is 4.98 Å². The average Bonchev–Trinajstić information content (AvgIpc) is 2.76. The molecular formula is C23H22ClN3O3S. The Balaban J connectivity index is 1.61. The molecule has 3 aromatic rings. The van der Waals surface area contributed by atoms with Crippen LogP contribution >= 0.6 is 23.4 Å². The fourth-order valence-corrected chi connectivity index (χ4v) is 4.53. The Kier molecular flexibility index (Phi) is 6.34. The van der Waals surface area contributed by atoms with Crippen LogP contribution < -0.4 is 15.6 Å². The molecule has 1 N–H and O–H groups in total. The van der Waals surface area contributed by atoms with Crippen molar-refractivity contribution in [2.45, 2.75) is 31.0 Å². The second-order valence-corrected chi connectivity index (χ2v) is 8.85. The SMILES string of the molecule is CCSc1nc(=O)c2c(n1C)NC(=O)CC2c1ccc(OCc2ccccc2Cl)cc1. The summed E-state index contributed by atoms with van der Waals surface area (Å²) < 4.78 is 7.63. The maximum Gasteiger partial charge on any atom is 0.279 e. The monoisotopic (exact) mass is 455 g/mol. The second-order valence-electron chi connectivity index (χ2n) is 7.21. The van der Waals surface area contributed by atoms with Crippen LogP contribution in [0.3, 0.4) is 0 Å². The summed E-state index contributed by atoms with van der Waals surface area (Å²) in [5, 5.41) is 4.11. The zero-order chi connectivity index (χ0) is 22.0. The van der Waals surface area contributed by atoms with Gasteiger partial charge < -0.3 is 14.6 Å². The molecule has 1 unspecified atom stereocenters. The summed E-state index contributed by atoms with van der Waals surface area (Å²) >= 11 is 7.65. The molecule has 0 aliphatic carbocycles. The van der Waals surface area contributed by atoms with Gasteiger partial charge in [0.15, 0.2) is 5.16 Å². The highest BCUT2D eigenvalue weighted by molar-refractivity contribution is 7.99. The lowest BCUT2D eigenvalue weighted by Gasteiger charge is -2.27. The van der Waals surface area contributed by atoms with Gasteiger partial charge in [-0.1, -0.05) is 60.6 Å². The lowest BCUT2D eigenvalue weighted by atomic mass is 9.87. The van der Waals surface area contributed by atoms with Crippen molar-refractivity contribution in [3.05, 3.63) is 80.6 Å². The topological polar surface area (TPSA) is 73.2 Å². The number of aromatic nitrogens is 2. The van der Waals surface area contributed by atoms with Crippen LogP contribution in [-0.4, -0.2) is 21.2 Å². The van der Waals surface area contributed by atoms with E-state index in [-0.39, 0.29) is 23.8 Å². The number of carbonyl (C=O) groups excluding carboxylic acids is 1. The molecule has 1 aromatic heterocycles. The molecule has 6 nitrogen and oxygen atoms in total. The maximum atomic E-state index is 12.8. The van der Waals surface area contributed by atoms with Gasteiger partial charge in [0.05, 0.1) is 5.56 Å². The zero-order valence-electron chi connectivity index (χ0n) is 17.2. The van der Waals surface area contributed by atoms with Gasteiger partial charge in [-0.25, -0.2) is 0 Å². The molecular weight excluding hydrogens is 434 g/mol. The van der Waals surface area contributed by atoms with E-state index in [2.05, 4.69) is 10.3 Å². The molecule has 0 bridgehead atoms. The number of thioether (sulfide) groups is 1. The highest BCUT2D eigenvalue weighted by atomic mass is 35.5. The Hall–Kier alpha value is -2.77. The van der Waals surface area contributed by atoms with E-state index in [0.29, 0.717) is 33.9 Å². The van der Waals surface area contributed by atoms with Crippen molar-refractivity contribution in [3.8, 4) is 5.75 Å². The second kappa shape index (κ2) is 9.16. The van der Waals surface area contributed by atoms with E-state index in [1.807, 2.05) is 62.5 Å². The van der Waals surface area contributed by atoms with Crippen molar-refractivity contribution in [3.63, 3.8) is 0 Å². The summed E-state index contributed by atoms with van der Waals surface area (Å²) in [6.07, 6.45) is 0.198. The Morgan fingerprint density at radius 3 is 2.65 bits per heavy atom. The van der Waals surface area contributed by atoms with E-state index in [1.165, 1.54) is 11.8 Å². The maximum absolute atomic E-state index is 12.8. The Bertz CT molecular complexity index is 1180. The number of nitrogens with zero attached hydrogens (tertiary/aromatic N) is 2. The van der Waals surface area contributed by atoms with Crippen LogP contribution in [-0.2, 0) is 18.4 Å². The van der Waals surface area contributed by atoms with Crippen molar-refractivity contribution >= 4 is 35.1 Å². The molecule has 1 atom stereocenters. The molecule has 0 spiro atoms. The number of amides is 1. The van der Waals surface area contributed by atoms with Crippen LogP contribution in [0.2, 0.25) is 5.02 Å². The third kappa shape index (κ3) is 4.48. The van der Waals surface area contributed by atoms with Crippen molar-refractivity contribution in [1.82, 2.24) is 9.55 Å². The molecule has 1 amide bonds. The number of nitrogens with one attached hydrogen (secondary N) is 1. The highest BCUT2D eigenvalue weighted by Crippen LogP contribution is 2.36. The molecule has 0 saturated carbocycles. The van der Waals surface area contributed by atoms with E-state index in [0.717, 1.165) is 16.9 Å². The Morgan fingerprint density at radius 2 is 1.94 bits per heavy atom. The van der Waals surface area contributed by atoms with E-state index in [9.17, 15) is 9.59 Å². The van der Waals surface area contributed by atoms with Gasteiger partial charge in [0.2, 0.25) is 5.91 Å². The minimum Gasteiger partial charge on any atom is -0.489 e. The minimum atomic E-state index is -0.353. The number of rotatable bonds is 6. The predicted octanol–water partition coefficient (Wildman–Crippen LogP) is 4.60. The fourth-order valence-electron chi connectivity index (χ4n) is 3.65. The quantitative estimate of drug-likeness (QED) is 0.434. The molecule has 1 aliphatic rings. The largest absolute Gasteiger partial charge is 0.489 e. The third-order valence-electron chi connectivity index (χ3n) is 5.21. The van der Waals surface area contributed by atoms with Gasteiger partial charge in [-0.05, 0) is 29.5 Å².